The zero-order valence-electron chi connectivity index (χ0n) is 21.7. The van der Waals surface area contributed by atoms with E-state index in [1.54, 1.807) is 0 Å². The maximum Gasteiger partial charge on any atom is 0.409 e. The van der Waals surface area contributed by atoms with Crippen LogP contribution in [-0.2, 0) is 17.8 Å². The molecule has 6 nitrogen and oxygen atoms in total. The number of nitrogens with zero attached hydrogens (tertiary/aromatic N) is 2. The van der Waals surface area contributed by atoms with Crippen molar-refractivity contribution in [1.82, 2.24) is 9.80 Å². The van der Waals surface area contributed by atoms with Crippen LogP contribution in [0.1, 0.15) is 37.3 Å². The normalized spacial score (nSPS) is 16.4. The molecule has 0 radical (unpaired) electrons. The first-order chi connectivity index (χ1) is 17.6. The summed E-state index contributed by atoms with van der Waals surface area (Å²) in [5.41, 5.74) is 10.3. The number of hydrogen-bond donors (Lipinski definition) is 2. The molecule has 3 aromatic carbocycles. The monoisotopic (exact) mass is 520 g/mol. The number of carbonyl (C=O) groups is 1. The van der Waals surface area contributed by atoms with Crippen LogP contribution >= 0.6 is 13.5 Å². The molecule has 1 aliphatic rings. The second kappa shape index (κ2) is 14.5. The van der Waals surface area contributed by atoms with E-state index in [4.69, 9.17) is 10.5 Å². The number of amides is 1. The lowest BCUT2D eigenvalue weighted by atomic mass is 10.1. The number of benzene rings is 3. The van der Waals surface area contributed by atoms with Gasteiger partial charge in [0.15, 0.2) is 0 Å². The highest BCUT2D eigenvalue weighted by Gasteiger charge is 2.23. The quantitative estimate of drug-likeness (QED) is 0.345. The lowest BCUT2D eigenvalue weighted by molar-refractivity contribution is 0.0648. The van der Waals surface area contributed by atoms with Crippen molar-refractivity contribution in [3.63, 3.8) is 0 Å². The van der Waals surface area contributed by atoms with Crippen LogP contribution in [0.5, 0.6) is 0 Å². The number of likely N-dealkylation sites (tertiary alicyclic amines) is 1. The number of nitrogens with two attached hydrogens (primary N) is 1. The van der Waals surface area contributed by atoms with E-state index in [0.717, 1.165) is 43.7 Å². The van der Waals surface area contributed by atoms with Gasteiger partial charge in [0.05, 0.1) is 11.4 Å². The molecule has 198 valence electrons. The van der Waals surface area contributed by atoms with Crippen molar-refractivity contribution in [3.8, 4) is 0 Å². The number of hydrogen-bond acceptors (Lipinski definition) is 5. The van der Waals surface area contributed by atoms with Gasteiger partial charge < -0.3 is 20.7 Å². The molecule has 2 atom stereocenters. The second-order valence-corrected chi connectivity index (χ2v) is 9.65. The summed E-state index contributed by atoms with van der Waals surface area (Å²) >= 11 is 0. The van der Waals surface area contributed by atoms with Crippen LogP contribution < -0.4 is 11.1 Å². The van der Waals surface area contributed by atoms with Crippen LogP contribution in [0.3, 0.4) is 0 Å². The van der Waals surface area contributed by atoms with Crippen molar-refractivity contribution >= 4 is 31.0 Å². The van der Waals surface area contributed by atoms with E-state index < -0.39 is 0 Å². The molecule has 1 heterocycles. The van der Waals surface area contributed by atoms with Crippen LogP contribution in [0.25, 0.3) is 0 Å². The molecule has 1 unspecified atom stereocenters. The van der Waals surface area contributed by atoms with E-state index >= 15 is 0 Å². The summed E-state index contributed by atoms with van der Waals surface area (Å²) in [6, 6.07) is 29.1. The number of para-hydroxylation sites is 2. The van der Waals surface area contributed by atoms with Crippen molar-refractivity contribution in [1.29, 1.82) is 0 Å². The Hall–Kier alpha value is -3.16. The summed E-state index contributed by atoms with van der Waals surface area (Å²) < 4.78 is 5.83. The SMILES string of the molecule is C[C@@H](COC(=O)N1CCCC(Nc2ccccc2N)CC1)N(Cc1ccccc1)Cc1ccccc1.S. The van der Waals surface area contributed by atoms with Gasteiger partial charge in [0, 0.05) is 38.3 Å². The summed E-state index contributed by atoms with van der Waals surface area (Å²) in [5.74, 6) is 0. The highest BCUT2D eigenvalue weighted by Crippen LogP contribution is 2.22. The lowest BCUT2D eigenvalue weighted by Crippen LogP contribution is -2.39. The smallest absolute Gasteiger partial charge is 0.409 e. The van der Waals surface area contributed by atoms with Gasteiger partial charge in [-0.05, 0) is 49.4 Å². The van der Waals surface area contributed by atoms with Crippen LogP contribution in [0.2, 0.25) is 0 Å². The number of anilines is 2. The predicted octanol–water partition coefficient (Wildman–Crippen LogP) is 5.88. The molecule has 0 aromatic heterocycles. The van der Waals surface area contributed by atoms with Crippen molar-refractivity contribution in [2.75, 3.05) is 30.7 Å². The predicted molar refractivity (Wildman–Crippen MR) is 157 cm³/mol. The molecule has 1 aliphatic heterocycles. The van der Waals surface area contributed by atoms with Crippen molar-refractivity contribution in [3.05, 3.63) is 96.1 Å². The Bertz CT molecular complexity index is 1040. The molecule has 1 fully saturated rings. The van der Waals surface area contributed by atoms with E-state index in [2.05, 4.69) is 65.7 Å². The number of rotatable bonds is 9. The second-order valence-electron chi connectivity index (χ2n) is 9.65. The minimum atomic E-state index is -0.221. The summed E-state index contributed by atoms with van der Waals surface area (Å²) in [4.78, 5) is 17.2. The largest absolute Gasteiger partial charge is 0.448 e. The van der Waals surface area contributed by atoms with Crippen LogP contribution in [0.4, 0.5) is 16.2 Å². The van der Waals surface area contributed by atoms with Crippen LogP contribution in [-0.4, -0.2) is 47.7 Å². The van der Waals surface area contributed by atoms with E-state index in [1.807, 2.05) is 41.3 Å². The minimum absolute atomic E-state index is 0. The molecule has 3 N–H and O–H groups in total. The number of nitrogen functional groups attached to an aromatic ring is 1. The van der Waals surface area contributed by atoms with Gasteiger partial charge in [-0.2, -0.15) is 13.5 Å². The Balaban J connectivity index is 0.00000380. The van der Waals surface area contributed by atoms with Crippen molar-refractivity contribution < 1.29 is 9.53 Å². The Morgan fingerprint density at radius 2 is 1.54 bits per heavy atom. The lowest BCUT2D eigenvalue weighted by Gasteiger charge is -2.30. The highest BCUT2D eigenvalue weighted by atomic mass is 32.1. The molecular formula is C30H40N4O2S. The molecule has 1 amide bonds. The van der Waals surface area contributed by atoms with E-state index in [0.29, 0.717) is 25.7 Å². The molecule has 0 spiro atoms. The van der Waals surface area contributed by atoms with E-state index in [-0.39, 0.29) is 25.6 Å². The number of carbonyl (C=O) groups excluding carboxylic acids is 1. The Kier molecular flexibility index (Phi) is 11.2. The molecule has 0 aliphatic carbocycles. The topological polar surface area (TPSA) is 70.8 Å². The molecule has 0 bridgehead atoms. The molecule has 4 rings (SSSR count). The van der Waals surface area contributed by atoms with Gasteiger partial charge in [-0.25, -0.2) is 4.79 Å². The van der Waals surface area contributed by atoms with Gasteiger partial charge >= 0.3 is 6.09 Å². The first-order valence-electron chi connectivity index (χ1n) is 12.9. The molecular weight excluding hydrogens is 480 g/mol. The highest BCUT2D eigenvalue weighted by molar-refractivity contribution is 7.59. The standard InChI is InChI=1S/C30H38N4O2.H2S/c1-24(34(21-25-11-4-2-5-12-25)22-26-13-6-3-7-14-26)23-36-30(35)33-19-10-15-27(18-20-33)32-29-17-9-8-16-28(29)31;/h2-9,11-14,16-17,24,27,32H,10,15,18-23,31H2,1H3;1H2/t24-,27?;/m0./s1. The first-order valence-corrected chi connectivity index (χ1v) is 12.9. The molecule has 3 aromatic rings. The maximum atomic E-state index is 13.0. The molecule has 37 heavy (non-hydrogen) atoms. The summed E-state index contributed by atoms with van der Waals surface area (Å²) in [6.07, 6.45) is 2.58. The average Bonchev–Trinajstić information content (AvgIpc) is 3.15. The molecule has 1 saturated heterocycles. The fraction of sp³-hybridized carbons (Fsp3) is 0.367. The first kappa shape index (κ1) is 28.4. The van der Waals surface area contributed by atoms with Gasteiger partial charge in [0.25, 0.3) is 0 Å². The third-order valence-corrected chi connectivity index (χ3v) is 6.84. The Labute approximate surface area is 228 Å². The number of ether oxygens (including phenoxy) is 1. The third kappa shape index (κ3) is 8.72. The van der Waals surface area contributed by atoms with E-state index in [1.165, 1.54) is 11.1 Å². The zero-order valence-corrected chi connectivity index (χ0v) is 22.7. The van der Waals surface area contributed by atoms with Gasteiger partial charge in [-0.15, -0.1) is 0 Å². The van der Waals surface area contributed by atoms with Gasteiger partial charge in [-0.3, -0.25) is 4.90 Å². The fourth-order valence-corrected chi connectivity index (χ4v) is 4.66. The number of nitrogens with one attached hydrogen (secondary N) is 1. The van der Waals surface area contributed by atoms with Crippen LogP contribution in [0, 0.1) is 0 Å². The Morgan fingerprint density at radius 1 is 0.946 bits per heavy atom. The van der Waals surface area contributed by atoms with Gasteiger partial charge in [0.1, 0.15) is 6.61 Å². The third-order valence-electron chi connectivity index (χ3n) is 6.84. The van der Waals surface area contributed by atoms with Crippen molar-refractivity contribution in [2.24, 2.45) is 0 Å². The zero-order chi connectivity index (χ0) is 25.2. The molecule has 0 saturated carbocycles. The van der Waals surface area contributed by atoms with Crippen molar-refractivity contribution in [2.45, 2.75) is 51.4 Å². The average molecular weight is 521 g/mol. The summed E-state index contributed by atoms with van der Waals surface area (Å²) in [5, 5.41) is 3.55. The van der Waals surface area contributed by atoms with Gasteiger partial charge in [-0.1, -0.05) is 72.8 Å². The van der Waals surface area contributed by atoms with Gasteiger partial charge in [0.2, 0.25) is 0 Å². The van der Waals surface area contributed by atoms with E-state index in [9.17, 15) is 4.79 Å². The minimum Gasteiger partial charge on any atom is -0.448 e. The maximum absolute atomic E-state index is 13.0. The summed E-state index contributed by atoms with van der Waals surface area (Å²) in [6.45, 7) is 5.48. The summed E-state index contributed by atoms with van der Waals surface area (Å²) in [7, 11) is 0. The molecule has 7 heteroatoms. The van der Waals surface area contributed by atoms with Crippen LogP contribution in [0.15, 0.2) is 84.9 Å². The fourth-order valence-electron chi connectivity index (χ4n) is 4.66. The Morgan fingerprint density at radius 3 is 2.16 bits per heavy atom.